The second-order valence-corrected chi connectivity index (χ2v) is 10.1. The van der Waals surface area contributed by atoms with Crippen LogP contribution >= 0.6 is 34.7 Å². The van der Waals surface area contributed by atoms with Crippen molar-refractivity contribution in [3.05, 3.63) is 50.7 Å². The average Bonchev–Trinajstić information content (AvgIpc) is 3.35. The first-order chi connectivity index (χ1) is 14.5. The molecule has 0 saturated heterocycles. The maximum atomic E-state index is 12.4. The number of amides is 1. The van der Waals surface area contributed by atoms with Gasteiger partial charge in [0.1, 0.15) is 0 Å². The first-order valence-corrected chi connectivity index (χ1v) is 12.5. The summed E-state index contributed by atoms with van der Waals surface area (Å²) < 4.78 is 2.16. The van der Waals surface area contributed by atoms with Gasteiger partial charge in [0.2, 0.25) is 5.91 Å². The third kappa shape index (κ3) is 4.74. The number of carbonyl (C=O) groups is 1. The number of hydrogen-bond donors (Lipinski definition) is 1. The average molecular weight is 461 g/mol. The van der Waals surface area contributed by atoms with Crippen LogP contribution in [0.4, 0.5) is 0 Å². The van der Waals surface area contributed by atoms with Crippen LogP contribution in [0.5, 0.6) is 0 Å². The number of fused-ring (bicyclic) bond motifs is 1. The molecule has 0 aliphatic heterocycles. The monoisotopic (exact) mass is 460 g/mol. The number of aryl methyl sites for hydroxylation is 1. The third-order valence-electron chi connectivity index (χ3n) is 5.22. The first-order valence-electron chi connectivity index (χ1n) is 10.2. The molecule has 0 unspecified atom stereocenters. The molecule has 2 aromatic heterocycles. The summed E-state index contributed by atoms with van der Waals surface area (Å²) in [5, 5.41) is 15.6. The van der Waals surface area contributed by atoms with E-state index in [4.69, 9.17) is 11.6 Å². The number of thiophene rings is 1. The Hall–Kier alpha value is -1.83. The molecule has 3 aromatic rings. The van der Waals surface area contributed by atoms with E-state index in [9.17, 15) is 4.79 Å². The predicted octanol–water partition coefficient (Wildman–Crippen LogP) is 5.53. The van der Waals surface area contributed by atoms with E-state index in [0.717, 1.165) is 23.0 Å². The molecule has 1 amide bonds. The quantitative estimate of drug-likeness (QED) is 0.471. The largest absolute Gasteiger partial charge is 0.351 e. The van der Waals surface area contributed by atoms with Crippen LogP contribution in [0.2, 0.25) is 5.02 Å². The molecule has 8 heteroatoms. The van der Waals surface area contributed by atoms with E-state index in [-0.39, 0.29) is 11.9 Å². The summed E-state index contributed by atoms with van der Waals surface area (Å²) in [4.78, 5) is 13.8. The van der Waals surface area contributed by atoms with Gasteiger partial charge in [0.05, 0.1) is 5.75 Å². The van der Waals surface area contributed by atoms with Crippen LogP contribution in [0.1, 0.15) is 48.7 Å². The number of rotatable bonds is 7. The number of nitrogens with one attached hydrogen (secondary N) is 1. The Bertz CT molecular complexity index is 1030. The lowest BCUT2D eigenvalue weighted by Crippen LogP contribution is -2.24. The second-order valence-electron chi connectivity index (χ2n) is 7.72. The highest BCUT2D eigenvalue weighted by Gasteiger charge is 2.23. The van der Waals surface area contributed by atoms with Crippen LogP contribution < -0.4 is 5.32 Å². The Morgan fingerprint density at radius 1 is 1.23 bits per heavy atom. The van der Waals surface area contributed by atoms with Crippen LogP contribution in [0.25, 0.3) is 11.4 Å². The second kappa shape index (κ2) is 9.54. The van der Waals surface area contributed by atoms with E-state index in [1.165, 1.54) is 47.0 Å². The summed E-state index contributed by atoms with van der Waals surface area (Å²) in [6.07, 6.45) is 4.80. The highest BCUT2D eigenvalue weighted by molar-refractivity contribution is 7.99. The molecule has 0 saturated carbocycles. The van der Waals surface area contributed by atoms with Gasteiger partial charge in [-0.05, 0) is 62.8 Å². The smallest absolute Gasteiger partial charge is 0.230 e. The van der Waals surface area contributed by atoms with Gasteiger partial charge >= 0.3 is 0 Å². The fourth-order valence-electron chi connectivity index (χ4n) is 3.69. The van der Waals surface area contributed by atoms with Gasteiger partial charge in [-0.25, -0.2) is 0 Å². The Morgan fingerprint density at radius 3 is 2.77 bits per heavy atom. The maximum absolute atomic E-state index is 12.4. The van der Waals surface area contributed by atoms with Crippen molar-refractivity contribution in [3.63, 3.8) is 0 Å². The van der Waals surface area contributed by atoms with Gasteiger partial charge in [0.25, 0.3) is 0 Å². The van der Waals surface area contributed by atoms with Gasteiger partial charge in [-0.2, -0.15) is 0 Å². The molecule has 1 N–H and O–H groups in total. The molecule has 1 aliphatic carbocycles. The fraction of sp³-hybridized carbons (Fsp3) is 0.409. The van der Waals surface area contributed by atoms with E-state index >= 15 is 0 Å². The Morgan fingerprint density at radius 2 is 2.00 bits per heavy atom. The van der Waals surface area contributed by atoms with Gasteiger partial charge in [0.15, 0.2) is 11.0 Å². The van der Waals surface area contributed by atoms with Crippen molar-refractivity contribution in [3.8, 4) is 11.4 Å². The van der Waals surface area contributed by atoms with E-state index in [0.29, 0.717) is 17.3 Å². The zero-order chi connectivity index (χ0) is 21.1. The van der Waals surface area contributed by atoms with Crippen molar-refractivity contribution in [2.24, 2.45) is 0 Å². The number of nitrogens with zero attached hydrogens (tertiary/aromatic N) is 3. The standard InChI is InChI=1S/C22H25ClN4OS2/c1-14(2)27-21(18-12-29-19-6-4-3-5-17(18)19)25-26-22(27)30-13-20(28)24-11-15-7-9-16(23)10-8-15/h7-10,12,14H,3-6,11,13H2,1-2H3,(H,24,28). The van der Waals surface area contributed by atoms with E-state index in [2.05, 4.69) is 39.3 Å². The van der Waals surface area contributed by atoms with Gasteiger partial charge in [-0.3, -0.25) is 9.36 Å². The number of thioether (sulfide) groups is 1. The van der Waals surface area contributed by atoms with Crippen molar-refractivity contribution < 1.29 is 4.79 Å². The zero-order valence-corrected chi connectivity index (χ0v) is 19.5. The molecule has 0 radical (unpaired) electrons. The lowest BCUT2D eigenvalue weighted by atomic mass is 9.95. The minimum atomic E-state index is -0.0253. The number of benzene rings is 1. The number of carbonyl (C=O) groups excluding carboxylic acids is 1. The predicted molar refractivity (Wildman–Crippen MR) is 124 cm³/mol. The van der Waals surface area contributed by atoms with Crippen molar-refractivity contribution in [1.82, 2.24) is 20.1 Å². The number of hydrogen-bond acceptors (Lipinski definition) is 5. The SMILES string of the molecule is CC(C)n1c(SCC(=O)NCc2ccc(Cl)cc2)nnc1-c1csc2c1CCCC2. The van der Waals surface area contributed by atoms with Gasteiger partial charge in [0, 0.05) is 33.4 Å². The van der Waals surface area contributed by atoms with Gasteiger partial charge in [-0.1, -0.05) is 35.5 Å². The molecule has 158 valence electrons. The zero-order valence-electron chi connectivity index (χ0n) is 17.2. The lowest BCUT2D eigenvalue weighted by Gasteiger charge is -2.16. The van der Waals surface area contributed by atoms with Gasteiger partial charge in [-0.15, -0.1) is 21.5 Å². The molecule has 2 heterocycles. The summed E-state index contributed by atoms with van der Waals surface area (Å²) >= 11 is 9.18. The fourth-order valence-corrected chi connectivity index (χ4v) is 5.84. The highest BCUT2D eigenvalue weighted by atomic mass is 35.5. The van der Waals surface area contributed by atoms with Crippen LogP contribution in [0.3, 0.4) is 0 Å². The first kappa shape index (κ1) is 21.4. The summed E-state index contributed by atoms with van der Waals surface area (Å²) in [5.41, 5.74) is 3.68. The lowest BCUT2D eigenvalue weighted by molar-refractivity contribution is -0.118. The minimum absolute atomic E-state index is 0.0253. The Kier molecular flexibility index (Phi) is 6.80. The molecular formula is C22H25ClN4OS2. The topological polar surface area (TPSA) is 59.8 Å². The Labute approximate surface area is 190 Å². The van der Waals surface area contributed by atoms with E-state index in [1.807, 2.05) is 35.6 Å². The Balaban J connectivity index is 1.44. The van der Waals surface area contributed by atoms with Crippen molar-refractivity contribution >= 4 is 40.6 Å². The summed E-state index contributed by atoms with van der Waals surface area (Å²) in [6, 6.07) is 7.70. The minimum Gasteiger partial charge on any atom is -0.351 e. The molecule has 1 aliphatic rings. The summed E-state index contributed by atoms with van der Waals surface area (Å²) in [6.45, 7) is 4.76. The maximum Gasteiger partial charge on any atom is 0.230 e. The molecule has 0 spiro atoms. The van der Waals surface area contributed by atoms with E-state index < -0.39 is 0 Å². The summed E-state index contributed by atoms with van der Waals surface area (Å²) in [7, 11) is 0. The van der Waals surface area contributed by atoms with Crippen LogP contribution in [0.15, 0.2) is 34.8 Å². The number of halogens is 1. The molecule has 0 fully saturated rings. The van der Waals surface area contributed by atoms with Crippen LogP contribution in [-0.4, -0.2) is 26.4 Å². The third-order valence-corrected chi connectivity index (χ3v) is 7.50. The molecule has 5 nitrogen and oxygen atoms in total. The van der Waals surface area contributed by atoms with Crippen molar-refractivity contribution in [2.75, 3.05) is 5.75 Å². The van der Waals surface area contributed by atoms with Crippen molar-refractivity contribution in [1.29, 1.82) is 0 Å². The molecular weight excluding hydrogens is 436 g/mol. The summed E-state index contributed by atoms with van der Waals surface area (Å²) in [5.74, 6) is 1.20. The normalized spacial score (nSPS) is 13.5. The van der Waals surface area contributed by atoms with Crippen LogP contribution in [0, 0.1) is 0 Å². The van der Waals surface area contributed by atoms with E-state index in [1.54, 1.807) is 0 Å². The molecule has 30 heavy (non-hydrogen) atoms. The molecule has 4 rings (SSSR count). The van der Waals surface area contributed by atoms with Gasteiger partial charge < -0.3 is 5.32 Å². The molecule has 0 atom stereocenters. The number of aromatic nitrogens is 3. The van der Waals surface area contributed by atoms with Crippen LogP contribution in [-0.2, 0) is 24.2 Å². The molecule has 0 bridgehead atoms. The highest BCUT2D eigenvalue weighted by Crippen LogP contribution is 2.37. The van der Waals surface area contributed by atoms with Crippen molar-refractivity contribution in [2.45, 2.75) is 57.3 Å². The molecule has 1 aromatic carbocycles.